The molecule has 2 fully saturated rings. The Kier molecular flexibility index (Phi) is 8.17. The number of nitrogens with one attached hydrogen (secondary N) is 2. The summed E-state index contributed by atoms with van der Waals surface area (Å²) in [5, 5.41) is 4.42. The number of H-pyrrole nitrogens is 1. The third-order valence-electron chi connectivity index (χ3n) is 6.01. The summed E-state index contributed by atoms with van der Waals surface area (Å²) in [7, 11) is 0. The molecule has 29 heavy (non-hydrogen) atoms. The number of hydrogen-bond donors (Lipinski definition) is 2. The van der Waals surface area contributed by atoms with Crippen LogP contribution in [0.3, 0.4) is 0 Å². The zero-order valence-corrected chi connectivity index (χ0v) is 19.6. The molecule has 7 heteroatoms. The van der Waals surface area contributed by atoms with E-state index in [0.29, 0.717) is 6.54 Å². The van der Waals surface area contributed by atoms with E-state index >= 15 is 0 Å². The molecule has 0 spiro atoms. The number of hydrogen-bond acceptors (Lipinski definition) is 2. The zero-order chi connectivity index (χ0) is 19.3. The van der Waals surface area contributed by atoms with Crippen LogP contribution < -0.4 is 5.32 Å². The van der Waals surface area contributed by atoms with Crippen LogP contribution in [0.25, 0.3) is 10.9 Å². The van der Waals surface area contributed by atoms with E-state index in [0.717, 1.165) is 54.4 Å². The fourth-order valence-electron chi connectivity index (χ4n) is 4.57. The second-order valence-electron chi connectivity index (χ2n) is 8.10. The Hall–Kier alpha value is -1.35. The van der Waals surface area contributed by atoms with E-state index in [2.05, 4.69) is 27.0 Å². The maximum Gasteiger partial charge on any atom is 0.193 e. The van der Waals surface area contributed by atoms with Gasteiger partial charge in [0, 0.05) is 49.8 Å². The van der Waals surface area contributed by atoms with Crippen LogP contribution in [0.1, 0.15) is 31.7 Å². The van der Waals surface area contributed by atoms with Gasteiger partial charge < -0.3 is 20.1 Å². The van der Waals surface area contributed by atoms with Crippen molar-refractivity contribution in [3.8, 4) is 0 Å². The SMILES string of the molecule is CCNC(=NCCc1c[nH]c2ccc(F)cc12)N1CCC(CN2CCCC2)C1.I. The predicted molar refractivity (Wildman–Crippen MR) is 129 cm³/mol. The molecule has 0 aliphatic carbocycles. The van der Waals surface area contributed by atoms with Gasteiger partial charge in [-0.1, -0.05) is 0 Å². The molecule has 2 aliphatic heterocycles. The standard InChI is InChI=1S/C22H32FN5.HI/c1-2-24-22(28-12-8-17(16-28)15-27-10-3-4-11-27)25-9-7-18-14-26-21-6-5-19(23)13-20(18)21;/h5-6,13-14,17,26H,2-4,7-12,15-16H2,1H3,(H,24,25);1H. The van der Waals surface area contributed by atoms with Crippen molar-refractivity contribution in [2.45, 2.75) is 32.6 Å². The molecule has 0 radical (unpaired) electrons. The topological polar surface area (TPSA) is 46.7 Å². The average Bonchev–Trinajstić information content (AvgIpc) is 3.43. The Morgan fingerprint density at radius 3 is 2.90 bits per heavy atom. The molecular weight excluding hydrogens is 480 g/mol. The summed E-state index contributed by atoms with van der Waals surface area (Å²) in [4.78, 5) is 13.1. The highest BCUT2D eigenvalue weighted by atomic mass is 127. The molecule has 2 aliphatic rings. The molecular formula is C22H33FIN5. The Morgan fingerprint density at radius 2 is 2.10 bits per heavy atom. The van der Waals surface area contributed by atoms with Crippen LogP contribution in [0.2, 0.25) is 0 Å². The van der Waals surface area contributed by atoms with E-state index in [1.165, 1.54) is 45.0 Å². The molecule has 1 aromatic carbocycles. The van der Waals surface area contributed by atoms with E-state index in [9.17, 15) is 4.39 Å². The quantitative estimate of drug-likeness (QED) is 0.351. The second-order valence-corrected chi connectivity index (χ2v) is 8.10. The van der Waals surface area contributed by atoms with Crippen LogP contribution in [-0.4, -0.2) is 66.6 Å². The fraction of sp³-hybridized carbons (Fsp3) is 0.591. The maximum absolute atomic E-state index is 13.6. The van der Waals surface area contributed by atoms with E-state index in [-0.39, 0.29) is 29.8 Å². The van der Waals surface area contributed by atoms with E-state index < -0.39 is 0 Å². The molecule has 0 saturated carbocycles. The number of guanidine groups is 1. The minimum atomic E-state index is -0.189. The molecule has 1 aromatic heterocycles. The smallest absolute Gasteiger partial charge is 0.193 e. The van der Waals surface area contributed by atoms with Gasteiger partial charge in [0.2, 0.25) is 0 Å². The number of halogens is 2. The summed E-state index contributed by atoms with van der Waals surface area (Å²) in [6, 6.07) is 4.90. The average molecular weight is 513 g/mol. The first kappa shape index (κ1) is 22.3. The van der Waals surface area contributed by atoms with Gasteiger partial charge in [-0.25, -0.2) is 4.39 Å². The van der Waals surface area contributed by atoms with Gasteiger partial charge in [-0.2, -0.15) is 0 Å². The summed E-state index contributed by atoms with van der Waals surface area (Å²) >= 11 is 0. The number of aliphatic imine (C=N–C) groups is 1. The largest absolute Gasteiger partial charge is 0.361 e. The van der Waals surface area contributed by atoms with Gasteiger partial charge >= 0.3 is 0 Å². The number of aromatic nitrogens is 1. The first-order chi connectivity index (χ1) is 13.7. The Balaban J connectivity index is 0.00000240. The number of fused-ring (bicyclic) bond motifs is 1. The number of nitrogens with zero attached hydrogens (tertiary/aromatic N) is 3. The van der Waals surface area contributed by atoms with Crippen LogP contribution in [-0.2, 0) is 6.42 Å². The van der Waals surface area contributed by atoms with Crippen molar-refractivity contribution >= 4 is 40.8 Å². The molecule has 5 nitrogen and oxygen atoms in total. The molecule has 1 atom stereocenters. The Bertz CT molecular complexity index is 815. The van der Waals surface area contributed by atoms with Crippen molar-refractivity contribution in [1.82, 2.24) is 20.1 Å². The zero-order valence-electron chi connectivity index (χ0n) is 17.3. The Morgan fingerprint density at radius 1 is 1.28 bits per heavy atom. The maximum atomic E-state index is 13.6. The van der Waals surface area contributed by atoms with Gasteiger partial charge in [-0.3, -0.25) is 4.99 Å². The molecule has 4 rings (SSSR count). The molecule has 160 valence electrons. The predicted octanol–water partition coefficient (Wildman–Crippen LogP) is 3.85. The van der Waals surface area contributed by atoms with Crippen molar-refractivity contribution in [2.75, 3.05) is 45.8 Å². The first-order valence-electron chi connectivity index (χ1n) is 10.7. The molecule has 0 amide bonds. The van der Waals surface area contributed by atoms with Crippen molar-refractivity contribution in [2.24, 2.45) is 10.9 Å². The molecule has 0 bridgehead atoms. The lowest BCUT2D eigenvalue weighted by Gasteiger charge is -2.23. The van der Waals surface area contributed by atoms with Gasteiger partial charge in [0.1, 0.15) is 5.82 Å². The highest BCUT2D eigenvalue weighted by Crippen LogP contribution is 2.21. The van der Waals surface area contributed by atoms with Gasteiger partial charge in [0.25, 0.3) is 0 Å². The number of benzene rings is 1. The summed E-state index contributed by atoms with van der Waals surface area (Å²) < 4.78 is 13.6. The lowest BCUT2D eigenvalue weighted by atomic mass is 10.1. The van der Waals surface area contributed by atoms with E-state index in [1.54, 1.807) is 12.1 Å². The number of likely N-dealkylation sites (tertiary alicyclic amines) is 2. The van der Waals surface area contributed by atoms with Gasteiger partial charge in [0.15, 0.2) is 5.96 Å². The molecule has 2 saturated heterocycles. The van der Waals surface area contributed by atoms with Crippen molar-refractivity contribution < 1.29 is 4.39 Å². The minimum absolute atomic E-state index is 0. The second kappa shape index (κ2) is 10.6. The van der Waals surface area contributed by atoms with Crippen molar-refractivity contribution in [3.05, 3.63) is 35.8 Å². The van der Waals surface area contributed by atoms with Crippen molar-refractivity contribution in [1.29, 1.82) is 0 Å². The van der Waals surface area contributed by atoms with Crippen LogP contribution in [0.5, 0.6) is 0 Å². The van der Waals surface area contributed by atoms with Crippen LogP contribution in [0.15, 0.2) is 29.4 Å². The van der Waals surface area contributed by atoms with E-state index in [1.807, 2.05) is 6.20 Å². The number of rotatable bonds is 6. The molecule has 3 heterocycles. The van der Waals surface area contributed by atoms with Gasteiger partial charge in [0.05, 0.1) is 0 Å². The monoisotopic (exact) mass is 513 g/mol. The Labute approximate surface area is 190 Å². The number of aromatic amines is 1. The summed E-state index contributed by atoms with van der Waals surface area (Å²) in [5.41, 5.74) is 2.11. The lowest BCUT2D eigenvalue weighted by molar-refractivity contribution is 0.281. The third-order valence-corrected chi connectivity index (χ3v) is 6.01. The summed E-state index contributed by atoms with van der Waals surface area (Å²) in [6.45, 7) is 9.67. The van der Waals surface area contributed by atoms with Crippen LogP contribution >= 0.6 is 24.0 Å². The first-order valence-corrected chi connectivity index (χ1v) is 10.7. The summed E-state index contributed by atoms with van der Waals surface area (Å²) in [6.07, 6.45) is 6.76. The van der Waals surface area contributed by atoms with Crippen molar-refractivity contribution in [3.63, 3.8) is 0 Å². The van der Waals surface area contributed by atoms with Crippen LogP contribution in [0, 0.1) is 11.7 Å². The summed E-state index contributed by atoms with van der Waals surface area (Å²) in [5.74, 6) is 1.59. The van der Waals surface area contributed by atoms with Gasteiger partial charge in [-0.05, 0) is 75.4 Å². The van der Waals surface area contributed by atoms with Gasteiger partial charge in [-0.15, -0.1) is 24.0 Å². The molecule has 2 N–H and O–H groups in total. The normalized spacial score (nSPS) is 20.4. The fourth-order valence-corrected chi connectivity index (χ4v) is 4.57. The minimum Gasteiger partial charge on any atom is -0.361 e. The molecule has 2 aromatic rings. The van der Waals surface area contributed by atoms with Crippen LogP contribution in [0.4, 0.5) is 4.39 Å². The highest BCUT2D eigenvalue weighted by Gasteiger charge is 2.27. The highest BCUT2D eigenvalue weighted by molar-refractivity contribution is 14.0. The lowest BCUT2D eigenvalue weighted by Crippen LogP contribution is -2.41. The molecule has 1 unspecified atom stereocenters. The third kappa shape index (κ3) is 5.63. The van der Waals surface area contributed by atoms with E-state index in [4.69, 9.17) is 4.99 Å².